The number of nitrogens with two attached hydrogens (primary N) is 1. The quantitative estimate of drug-likeness (QED) is 0.415. The summed E-state index contributed by atoms with van der Waals surface area (Å²) < 4.78 is 0. The van der Waals surface area contributed by atoms with Gasteiger partial charge in [-0.05, 0) is 18.9 Å². The van der Waals surface area contributed by atoms with Crippen LogP contribution in [0.4, 0.5) is 5.69 Å². The zero-order chi connectivity index (χ0) is 11.4. The van der Waals surface area contributed by atoms with Gasteiger partial charge in [0.2, 0.25) is 0 Å². The van der Waals surface area contributed by atoms with Crippen LogP contribution in [0.5, 0.6) is 0 Å². The fraction of sp³-hybridized carbons (Fsp3) is 0.100. The van der Waals surface area contributed by atoms with Crippen molar-refractivity contribution >= 4 is 11.6 Å². The molecule has 15 heavy (non-hydrogen) atoms. The van der Waals surface area contributed by atoms with Gasteiger partial charge in [-0.1, -0.05) is 12.1 Å². The van der Waals surface area contributed by atoms with Crippen LogP contribution in [-0.4, -0.2) is 10.8 Å². The number of benzene rings is 1. The maximum absolute atomic E-state index is 10.7. The van der Waals surface area contributed by atoms with E-state index in [0.717, 1.165) is 0 Å². The second-order valence-corrected chi connectivity index (χ2v) is 2.84. The number of carbonyl (C=O) groups is 1. The highest BCUT2D eigenvalue weighted by molar-refractivity contribution is 5.92. The summed E-state index contributed by atoms with van der Waals surface area (Å²) in [5.41, 5.74) is 5.42. The van der Waals surface area contributed by atoms with Gasteiger partial charge >= 0.3 is 0 Å². The first kappa shape index (κ1) is 10.7. The Bertz CT molecular complexity index is 483. The topological polar surface area (TPSA) is 86.2 Å². The van der Waals surface area contributed by atoms with E-state index in [9.17, 15) is 14.9 Å². The molecule has 1 amide bonds. The van der Waals surface area contributed by atoms with E-state index < -0.39 is 10.8 Å². The monoisotopic (exact) mass is 204 g/mol. The number of nitro benzene ring substituents is 1. The highest BCUT2D eigenvalue weighted by Crippen LogP contribution is 2.21. The van der Waals surface area contributed by atoms with Crippen molar-refractivity contribution in [2.24, 2.45) is 5.73 Å². The second kappa shape index (κ2) is 4.24. The lowest BCUT2D eigenvalue weighted by molar-refractivity contribution is -0.385. The van der Waals surface area contributed by atoms with Gasteiger partial charge in [-0.25, -0.2) is 0 Å². The SMILES string of the molecule is Cc1cccc(C#CC(N)=O)c1[N+](=O)[O-]. The van der Waals surface area contributed by atoms with Crippen molar-refractivity contribution in [1.29, 1.82) is 0 Å². The fourth-order valence-electron chi connectivity index (χ4n) is 1.13. The molecule has 1 aromatic carbocycles. The molecule has 0 saturated heterocycles. The highest BCUT2D eigenvalue weighted by atomic mass is 16.6. The van der Waals surface area contributed by atoms with Crippen molar-refractivity contribution in [2.45, 2.75) is 6.92 Å². The molecule has 5 heteroatoms. The predicted molar refractivity (Wildman–Crippen MR) is 53.9 cm³/mol. The number of hydrogen-bond donors (Lipinski definition) is 1. The van der Waals surface area contributed by atoms with Gasteiger partial charge in [-0.15, -0.1) is 0 Å². The third kappa shape index (κ3) is 2.54. The molecule has 0 bridgehead atoms. The first-order valence-electron chi connectivity index (χ1n) is 4.08. The van der Waals surface area contributed by atoms with Crippen LogP contribution in [-0.2, 0) is 4.79 Å². The van der Waals surface area contributed by atoms with Crippen LogP contribution in [0.15, 0.2) is 18.2 Å². The molecule has 0 unspecified atom stereocenters. The van der Waals surface area contributed by atoms with Crippen molar-refractivity contribution in [3.63, 3.8) is 0 Å². The lowest BCUT2D eigenvalue weighted by Gasteiger charge is -1.98. The molecule has 0 heterocycles. The highest BCUT2D eigenvalue weighted by Gasteiger charge is 2.14. The first-order chi connectivity index (χ1) is 7.02. The third-order valence-corrected chi connectivity index (χ3v) is 1.74. The molecule has 76 valence electrons. The van der Waals surface area contributed by atoms with Gasteiger partial charge in [-0.2, -0.15) is 0 Å². The maximum Gasteiger partial charge on any atom is 0.293 e. The van der Waals surface area contributed by atoms with Gasteiger partial charge < -0.3 is 5.73 Å². The van der Waals surface area contributed by atoms with E-state index in [1.807, 2.05) is 0 Å². The first-order valence-corrected chi connectivity index (χ1v) is 4.08. The van der Waals surface area contributed by atoms with Gasteiger partial charge in [0.15, 0.2) is 0 Å². The van der Waals surface area contributed by atoms with Crippen molar-refractivity contribution < 1.29 is 9.72 Å². The largest absolute Gasteiger partial charge is 0.359 e. The van der Waals surface area contributed by atoms with E-state index in [1.54, 1.807) is 19.1 Å². The lowest BCUT2D eigenvalue weighted by atomic mass is 10.1. The number of nitro groups is 1. The minimum absolute atomic E-state index is 0.0914. The van der Waals surface area contributed by atoms with Crippen molar-refractivity contribution in [1.82, 2.24) is 0 Å². The Hall–Kier alpha value is -2.35. The molecule has 0 spiro atoms. The van der Waals surface area contributed by atoms with Crippen LogP contribution < -0.4 is 5.73 Å². The summed E-state index contributed by atoms with van der Waals surface area (Å²) in [5.74, 6) is 3.62. The summed E-state index contributed by atoms with van der Waals surface area (Å²) in [4.78, 5) is 20.6. The standard InChI is InChI=1S/C10H8N2O3/c1-7-3-2-4-8(5-6-9(11)13)10(7)12(14)15/h2-4H,1H3,(H2,11,13). The van der Waals surface area contributed by atoms with Gasteiger partial charge in [-0.3, -0.25) is 14.9 Å². The zero-order valence-electron chi connectivity index (χ0n) is 7.98. The summed E-state index contributed by atoms with van der Waals surface area (Å²) in [6.07, 6.45) is 0. The summed E-state index contributed by atoms with van der Waals surface area (Å²) >= 11 is 0. The maximum atomic E-state index is 10.7. The molecule has 0 aromatic heterocycles. The summed E-state index contributed by atoms with van der Waals surface area (Å²) in [6, 6.07) is 4.71. The zero-order valence-corrected chi connectivity index (χ0v) is 7.98. The number of primary amides is 1. The van der Waals surface area contributed by atoms with Crippen LogP contribution in [0, 0.1) is 28.9 Å². The van der Waals surface area contributed by atoms with E-state index in [1.165, 1.54) is 6.07 Å². The normalized spacial score (nSPS) is 8.87. The summed E-state index contributed by atoms with van der Waals surface area (Å²) in [6.45, 7) is 1.60. The van der Waals surface area contributed by atoms with Crippen LogP contribution in [0.3, 0.4) is 0 Å². The minimum Gasteiger partial charge on any atom is -0.359 e. The van der Waals surface area contributed by atoms with Crippen molar-refractivity contribution in [3.8, 4) is 11.8 Å². The number of aryl methyl sites for hydroxylation is 1. The molecule has 1 rings (SSSR count). The molecule has 0 saturated carbocycles. The van der Waals surface area contributed by atoms with E-state index >= 15 is 0 Å². The molecule has 0 fully saturated rings. The number of para-hydroxylation sites is 1. The van der Waals surface area contributed by atoms with Gasteiger partial charge in [0.25, 0.3) is 11.6 Å². The molecule has 0 aliphatic rings. The molecule has 0 radical (unpaired) electrons. The molecule has 0 aliphatic heterocycles. The minimum atomic E-state index is -0.814. The van der Waals surface area contributed by atoms with Gasteiger partial charge in [0.05, 0.1) is 4.92 Å². The number of carbonyl (C=O) groups excluding carboxylic acids is 1. The van der Waals surface area contributed by atoms with E-state index in [-0.39, 0.29) is 11.3 Å². The molecular weight excluding hydrogens is 196 g/mol. The number of hydrogen-bond acceptors (Lipinski definition) is 3. The lowest BCUT2D eigenvalue weighted by Crippen LogP contribution is -2.06. The number of nitrogens with zero attached hydrogens (tertiary/aromatic N) is 1. The predicted octanol–water partition coefficient (Wildman–Crippen LogP) is 0.740. The van der Waals surface area contributed by atoms with E-state index in [2.05, 4.69) is 11.8 Å². The van der Waals surface area contributed by atoms with Crippen LogP contribution in [0.1, 0.15) is 11.1 Å². The Morgan fingerprint density at radius 3 is 2.73 bits per heavy atom. The Morgan fingerprint density at radius 1 is 1.53 bits per heavy atom. The Labute approximate surface area is 86.0 Å². The molecule has 0 aliphatic carbocycles. The van der Waals surface area contributed by atoms with Crippen LogP contribution in [0.2, 0.25) is 0 Å². The fourth-order valence-corrected chi connectivity index (χ4v) is 1.13. The van der Waals surface area contributed by atoms with Crippen molar-refractivity contribution in [3.05, 3.63) is 39.4 Å². The Kier molecular flexibility index (Phi) is 3.03. The summed E-state index contributed by atoms with van der Waals surface area (Å²) in [5, 5.41) is 10.7. The van der Waals surface area contributed by atoms with E-state index in [0.29, 0.717) is 5.56 Å². The van der Waals surface area contributed by atoms with Crippen LogP contribution >= 0.6 is 0 Å². The smallest absolute Gasteiger partial charge is 0.293 e. The Morgan fingerprint density at radius 2 is 2.20 bits per heavy atom. The molecule has 5 nitrogen and oxygen atoms in total. The Balaban J connectivity index is 3.31. The third-order valence-electron chi connectivity index (χ3n) is 1.74. The molecule has 2 N–H and O–H groups in total. The van der Waals surface area contributed by atoms with Crippen molar-refractivity contribution in [2.75, 3.05) is 0 Å². The number of rotatable bonds is 1. The second-order valence-electron chi connectivity index (χ2n) is 2.84. The molecule has 0 atom stereocenters. The molecule has 1 aromatic rings. The van der Waals surface area contributed by atoms with Crippen LogP contribution in [0.25, 0.3) is 0 Å². The molecular formula is C10H8N2O3. The summed E-state index contributed by atoms with van der Waals surface area (Å²) in [7, 11) is 0. The van der Waals surface area contributed by atoms with Gasteiger partial charge in [0, 0.05) is 11.5 Å². The average molecular weight is 204 g/mol. The number of amides is 1. The average Bonchev–Trinajstić information content (AvgIpc) is 2.13. The van der Waals surface area contributed by atoms with E-state index in [4.69, 9.17) is 5.73 Å². The van der Waals surface area contributed by atoms with Gasteiger partial charge in [0.1, 0.15) is 5.56 Å².